The van der Waals surface area contributed by atoms with E-state index in [1.165, 1.54) is 0 Å². The Morgan fingerprint density at radius 2 is 2.00 bits per heavy atom. The Hall–Kier alpha value is -1.01. The number of carbonyl (C=O) groups excluding carboxylic acids is 2. The van der Waals surface area contributed by atoms with Gasteiger partial charge < -0.3 is 5.73 Å². The maximum Gasteiger partial charge on any atom is 0.293 e. The van der Waals surface area contributed by atoms with Crippen molar-refractivity contribution in [2.24, 2.45) is 5.73 Å². The molecule has 0 unspecified atom stereocenters. The van der Waals surface area contributed by atoms with Crippen molar-refractivity contribution in [1.82, 2.24) is 4.90 Å². The van der Waals surface area contributed by atoms with Crippen LogP contribution in [0.4, 0.5) is 4.79 Å². The average Bonchev–Trinajstić information content (AvgIpc) is 2.60. The van der Waals surface area contributed by atoms with Crippen LogP contribution in [-0.2, 0) is 4.79 Å². The minimum absolute atomic E-state index is 0. The molecule has 2 rings (SSSR count). The molecule has 102 valence electrons. The molecule has 1 fully saturated rings. The smallest absolute Gasteiger partial charge is 0.293 e. The molecule has 1 aromatic rings. The minimum Gasteiger partial charge on any atom is -0.329 e. The number of thioether (sulfide) groups is 1. The molecule has 0 aromatic heterocycles. The van der Waals surface area contributed by atoms with Gasteiger partial charge in [0, 0.05) is 18.1 Å². The number of hydrogen-bond donors (Lipinski definition) is 1. The molecule has 19 heavy (non-hydrogen) atoms. The van der Waals surface area contributed by atoms with Crippen LogP contribution >= 0.6 is 35.8 Å². The molecular weight excluding hydrogens is 307 g/mol. The highest BCUT2D eigenvalue weighted by Crippen LogP contribution is 2.32. The van der Waals surface area contributed by atoms with E-state index in [1.54, 1.807) is 24.3 Å². The fourth-order valence-corrected chi connectivity index (χ4v) is 2.60. The van der Waals surface area contributed by atoms with Crippen LogP contribution in [0.3, 0.4) is 0 Å². The van der Waals surface area contributed by atoms with Crippen LogP contribution in [0.25, 0.3) is 6.08 Å². The molecule has 0 saturated carbocycles. The molecular formula is C12H12Cl2N2O2S. The molecule has 2 amide bonds. The second-order valence-corrected chi connectivity index (χ2v) is 5.04. The summed E-state index contributed by atoms with van der Waals surface area (Å²) >= 11 is 6.91. The Kier molecular flexibility index (Phi) is 5.87. The third-order valence-electron chi connectivity index (χ3n) is 2.42. The zero-order valence-corrected chi connectivity index (χ0v) is 12.2. The molecule has 0 radical (unpaired) electrons. The van der Waals surface area contributed by atoms with Gasteiger partial charge in [0.1, 0.15) is 0 Å². The highest BCUT2D eigenvalue weighted by atomic mass is 35.5. The number of benzene rings is 1. The summed E-state index contributed by atoms with van der Waals surface area (Å²) in [6.07, 6.45) is 1.63. The van der Waals surface area contributed by atoms with Crippen molar-refractivity contribution >= 4 is 53.0 Å². The van der Waals surface area contributed by atoms with Gasteiger partial charge in [0.15, 0.2) is 0 Å². The van der Waals surface area contributed by atoms with E-state index in [1.807, 2.05) is 6.07 Å². The summed E-state index contributed by atoms with van der Waals surface area (Å²) in [7, 11) is 0. The predicted molar refractivity (Wildman–Crippen MR) is 80.4 cm³/mol. The van der Waals surface area contributed by atoms with Gasteiger partial charge in [-0.1, -0.05) is 29.8 Å². The van der Waals surface area contributed by atoms with Crippen LogP contribution in [0.15, 0.2) is 29.2 Å². The van der Waals surface area contributed by atoms with Gasteiger partial charge in [0.05, 0.1) is 4.91 Å². The predicted octanol–water partition coefficient (Wildman–Crippen LogP) is 2.76. The number of nitrogens with two attached hydrogens (primary N) is 1. The minimum atomic E-state index is -0.310. The summed E-state index contributed by atoms with van der Waals surface area (Å²) in [6, 6.07) is 7.15. The van der Waals surface area contributed by atoms with Crippen molar-refractivity contribution in [3.05, 3.63) is 39.8 Å². The maximum absolute atomic E-state index is 11.9. The van der Waals surface area contributed by atoms with Crippen LogP contribution in [0.1, 0.15) is 5.56 Å². The molecule has 1 saturated heterocycles. The zero-order chi connectivity index (χ0) is 13.1. The van der Waals surface area contributed by atoms with E-state index in [0.717, 1.165) is 22.2 Å². The van der Waals surface area contributed by atoms with Gasteiger partial charge in [-0.2, -0.15) is 0 Å². The van der Waals surface area contributed by atoms with Crippen molar-refractivity contribution in [2.75, 3.05) is 13.1 Å². The first kappa shape index (κ1) is 16.0. The van der Waals surface area contributed by atoms with E-state index in [9.17, 15) is 9.59 Å². The fraction of sp³-hybridized carbons (Fsp3) is 0.167. The van der Waals surface area contributed by atoms with Gasteiger partial charge in [-0.15, -0.1) is 12.4 Å². The molecule has 4 nitrogen and oxygen atoms in total. The molecule has 1 aliphatic rings. The van der Waals surface area contributed by atoms with E-state index in [2.05, 4.69) is 0 Å². The highest BCUT2D eigenvalue weighted by molar-refractivity contribution is 8.18. The Balaban J connectivity index is 0.00000180. The van der Waals surface area contributed by atoms with Gasteiger partial charge in [-0.3, -0.25) is 14.5 Å². The first-order valence-electron chi connectivity index (χ1n) is 5.33. The Morgan fingerprint density at radius 3 is 2.63 bits per heavy atom. The molecule has 1 heterocycles. The largest absolute Gasteiger partial charge is 0.329 e. The topological polar surface area (TPSA) is 63.4 Å². The van der Waals surface area contributed by atoms with Crippen LogP contribution in [0.5, 0.6) is 0 Å². The van der Waals surface area contributed by atoms with Crippen molar-refractivity contribution in [3.63, 3.8) is 0 Å². The van der Waals surface area contributed by atoms with Crippen molar-refractivity contribution < 1.29 is 9.59 Å². The van der Waals surface area contributed by atoms with E-state index in [0.29, 0.717) is 9.93 Å². The normalized spacial score (nSPS) is 16.9. The molecule has 0 aliphatic carbocycles. The molecule has 0 spiro atoms. The van der Waals surface area contributed by atoms with E-state index >= 15 is 0 Å². The number of imide groups is 1. The Bertz CT molecular complexity index is 534. The lowest BCUT2D eigenvalue weighted by atomic mass is 10.2. The third kappa shape index (κ3) is 3.51. The van der Waals surface area contributed by atoms with Gasteiger partial charge in [-0.05, 0) is 29.5 Å². The maximum atomic E-state index is 11.9. The monoisotopic (exact) mass is 318 g/mol. The van der Waals surface area contributed by atoms with Crippen molar-refractivity contribution in [1.29, 1.82) is 0 Å². The number of rotatable bonds is 3. The van der Waals surface area contributed by atoms with Crippen LogP contribution < -0.4 is 5.73 Å². The van der Waals surface area contributed by atoms with Gasteiger partial charge in [0.25, 0.3) is 11.1 Å². The highest BCUT2D eigenvalue weighted by Gasteiger charge is 2.34. The number of carbonyl (C=O) groups is 2. The summed E-state index contributed by atoms with van der Waals surface area (Å²) in [5.41, 5.74) is 6.08. The Labute approximate surface area is 126 Å². The summed E-state index contributed by atoms with van der Waals surface area (Å²) in [5.74, 6) is -0.310. The lowest BCUT2D eigenvalue weighted by molar-refractivity contribution is -0.122. The molecule has 2 N–H and O–H groups in total. The summed E-state index contributed by atoms with van der Waals surface area (Å²) in [6.45, 7) is 0.502. The zero-order valence-electron chi connectivity index (χ0n) is 9.84. The summed E-state index contributed by atoms with van der Waals surface area (Å²) < 4.78 is 0. The lowest BCUT2D eigenvalue weighted by Gasteiger charge is -2.09. The molecule has 1 aliphatic heterocycles. The first-order chi connectivity index (χ1) is 8.63. The average molecular weight is 319 g/mol. The van der Waals surface area contributed by atoms with Crippen LogP contribution in [0.2, 0.25) is 5.02 Å². The number of hydrogen-bond acceptors (Lipinski definition) is 4. The van der Waals surface area contributed by atoms with Gasteiger partial charge in [0.2, 0.25) is 0 Å². The molecule has 1 aromatic carbocycles. The quantitative estimate of drug-likeness (QED) is 0.870. The van der Waals surface area contributed by atoms with Crippen molar-refractivity contribution in [2.45, 2.75) is 0 Å². The van der Waals surface area contributed by atoms with E-state index < -0.39 is 0 Å². The van der Waals surface area contributed by atoms with Gasteiger partial charge in [-0.25, -0.2) is 0 Å². The molecule has 0 bridgehead atoms. The Morgan fingerprint density at radius 1 is 1.32 bits per heavy atom. The van der Waals surface area contributed by atoms with Crippen LogP contribution in [-0.4, -0.2) is 29.1 Å². The first-order valence-corrected chi connectivity index (χ1v) is 6.53. The fourth-order valence-electron chi connectivity index (χ4n) is 1.56. The van der Waals surface area contributed by atoms with E-state index in [-0.39, 0.29) is 36.6 Å². The van der Waals surface area contributed by atoms with Crippen molar-refractivity contribution in [3.8, 4) is 0 Å². The van der Waals surface area contributed by atoms with Gasteiger partial charge >= 0.3 is 0 Å². The SMILES string of the molecule is Cl.NCCN1C(=O)SC(=Cc2ccccc2Cl)C1=O. The van der Waals surface area contributed by atoms with Crippen LogP contribution in [0, 0.1) is 0 Å². The second-order valence-electron chi connectivity index (χ2n) is 3.64. The number of amides is 2. The summed E-state index contributed by atoms with van der Waals surface area (Å²) in [4.78, 5) is 25.1. The number of halogens is 2. The standard InChI is InChI=1S/C12H11ClN2O2S.ClH/c13-9-4-2-1-3-8(9)7-10-11(16)15(6-5-14)12(17)18-10;/h1-4,7H,5-6,14H2;1H. The number of nitrogens with zero attached hydrogens (tertiary/aromatic N) is 1. The van der Waals surface area contributed by atoms with E-state index in [4.69, 9.17) is 17.3 Å². The summed E-state index contributed by atoms with van der Waals surface area (Å²) in [5, 5.41) is 0.256. The third-order valence-corrected chi connectivity index (χ3v) is 3.67. The lowest BCUT2D eigenvalue weighted by Crippen LogP contribution is -2.33. The molecule has 7 heteroatoms. The molecule has 0 atom stereocenters. The second kappa shape index (κ2) is 6.96.